The van der Waals surface area contributed by atoms with Gasteiger partial charge in [-0.2, -0.15) is 12.7 Å². The molecule has 9 nitrogen and oxygen atoms in total. The fourth-order valence-electron chi connectivity index (χ4n) is 3.49. The minimum Gasteiger partial charge on any atom is -0.363 e. The maximum atomic E-state index is 15.3. The van der Waals surface area contributed by atoms with Crippen LogP contribution in [0.15, 0.2) is 55.0 Å². The molecule has 182 valence electrons. The number of fused-ring (bicyclic) bond motifs is 1. The Morgan fingerprint density at radius 3 is 2.46 bits per heavy atom. The number of hydrogen-bond donors (Lipinski definition) is 2. The monoisotopic (exact) mass is 496 g/mol. The van der Waals surface area contributed by atoms with Crippen LogP contribution in [0.2, 0.25) is 0 Å². The molecular weight excluding hydrogens is 471 g/mol. The Kier molecular flexibility index (Phi) is 6.55. The number of carbonyl (C=O) groups excluding carboxylic acids is 1. The largest absolute Gasteiger partial charge is 0.363 e. The molecule has 0 aliphatic rings. The van der Waals surface area contributed by atoms with Crippen molar-refractivity contribution in [3.05, 3.63) is 71.9 Å². The molecule has 0 aliphatic heterocycles. The Bertz CT molecular complexity index is 1500. The summed E-state index contributed by atoms with van der Waals surface area (Å²) in [6.45, 7) is 1.86. The first-order chi connectivity index (χ1) is 16.6. The molecule has 0 spiro atoms. The van der Waals surface area contributed by atoms with Crippen molar-refractivity contribution in [2.45, 2.75) is 6.92 Å². The summed E-state index contributed by atoms with van der Waals surface area (Å²) < 4.78 is 43.2. The van der Waals surface area contributed by atoms with E-state index in [1.807, 2.05) is 31.1 Å². The third-order valence-corrected chi connectivity index (χ3v) is 7.21. The number of rotatable bonds is 8. The van der Waals surface area contributed by atoms with Gasteiger partial charge in [0, 0.05) is 68.4 Å². The van der Waals surface area contributed by atoms with Gasteiger partial charge in [-0.3, -0.25) is 9.52 Å². The highest BCUT2D eigenvalue weighted by atomic mass is 32.2. The highest BCUT2D eigenvalue weighted by molar-refractivity contribution is 7.90. The predicted octanol–water partition coefficient (Wildman–Crippen LogP) is 3.67. The normalized spacial score (nSPS) is 11.7. The second-order valence-electron chi connectivity index (χ2n) is 8.14. The molecule has 2 N–H and O–H groups in total. The van der Waals surface area contributed by atoms with Crippen LogP contribution in [0.3, 0.4) is 0 Å². The molecule has 0 radical (unpaired) electrons. The first kappa shape index (κ1) is 24.3. The van der Waals surface area contributed by atoms with Crippen molar-refractivity contribution in [3.63, 3.8) is 0 Å². The number of pyridine rings is 2. The number of H-pyrrole nitrogens is 1. The van der Waals surface area contributed by atoms with Crippen LogP contribution in [0.1, 0.15) is 22.8 Å². The van der Waals surface area contributed by atoms with Crippen LogP contribution in [0.4, 0.5) is 15.9 Å². The van der Waals surface area contributed by atoms with Gasteiger partial charge in [0.1, 0.15) is 11.5 Å². The average molecular weight is 497 g/mol. The quantitative estimate of drug-likeness (QED) is 0.360. The lowest BCUT2D eigenvalue weighted by atomic mass is 10.0. The Morgan fingerprint density at radius 1 is 1.06 bits per heavy atom. The van der Waals surface area contributed by atoms with Crippen molar-refractivity contribution in [1.29, 1.82) is 0 Å². The molecule has 1 aromatic carbocycles. The van der Waals surface area contributed by atoms with Crippen LogP contribution >= 0.6 is 0 Å². The Morgan fingerprint density at radius 2 is 1.80 bits per heavy atom. The number of anilines is 2. The number of nitrogens with one attached hydrogen (secondary N) is 2. The van der Waals surface area contributed by atoms with E-state index in [1.165, 1.54) is 31.4 Å². The highest BCUT2D eigenvalue weighted by Gasteiger charge is 2.23. The molecule has 3 aromatic heterocycles. The van der Waals surface area contributed by atoms with Crippen molar-refractivity contribution in [2.24, 2.45) is 0 Å². The van der Waals surface area contributed by atoms with Gasteiger partial charge < -0.3 is 9.88 Å². The van der Waals surface area contributed by atoms with Crippen LogP contribution in [-0.2, 0) is 10.2 Å². The fraction of sp³-hybridized carbons (Fsp3) is 0.208. The zero-order valence-corrected chi connectivity index (χ0v) is 20.5. The molecule has 0 bridgehead atoms. The second kappa shape index (κ2) is 9.43. The lowest BCUT2D eigenvalue weighted by Crippen LogP contribution is -2.32. The number of aromatic amines is 1. The minimum absolute atomic E-state index is 0.202. The molecule has 0 saturated heterocycles. The van der Waals surface area contributed by atoms with Crippen LogP contribution < -0.4 is 9.62 Å². The number of hydrogen-bond acceptors (Lipinski definition) is 6. The van der Waals surface area contributed by atoms with Crippen molar-refractivity contribution in [2.75, 3.05) is 37.3 Å². The van der Waals surface area contributed by atoms with E-state index >= 15 is 4.39 Å². The highest BCUT2D eigenvalue weighted by Crippen LogP contribution is 2.28. The fourth-order valence-corrected chi connectivity index (χ4v) is 4.42. The molecule has 3 heterocycles. The molecule has 35 heavy (non-hydrogen) atoms. The third-order valence-electron chi connectivity index (χ3n) is 5.65. The van der Waals surface area contributed by atoms with E-state index < -0.39 is 21.8 Å². The first-order valence-corrected chi connectivity index (χ1v) is 12.2. The zero-order valence-electron chi connectivity index (χ0n) is 19.7. The molecule has 0 aliphatic carbocycles. The molecule has 0 amide bonds. The average Bonchev–Trinajstić information content (AvgIpc) is 3.27. The van der Waals surface area contributed by atoms with Gasteiger partial charge in [-0.15, -0.1) is 0 Å². The van der Waals surface area contributed by atoms with Crippen molar-refractivity contribution < 1.29 is 17.6 Å². The van der Waals surface area contributed by atoms with E-state index in [2.05, 4.69) is 19.7 Å². The number of ketones is 1. The van der Waals surface area contributed by atoms with Gasteiger partial charge >= 0.3 is 10.2 Å². The molecule has 0 unspecified atom stereocenters. The molecular formula is C24H25FN6O3S. The van der Waals surface area contributed by atoms with E-state index in [-0.39, 0.29) is 23.4 Å². The number of benzene rings is 1. The molecule has 0 saturated carbocycles. The summed E-state index contributed by atoms with van der Waals surface area (Å²) in [5.74, 6) is -0.748. The maximum Gasteiger partial charge on any atom is 0.301 e. The lowest BCUT2D eigenvalue weighted by molar-refractivity contribution is 0.103. The summed E-state index contributed by atoms with van der Waals surface area (Å²) in [7, 11) is 1.21. The van der Waals surface area contributed by atoms with E-state index in [9.17, 15) is 13.2 Å². The van der Waals surface area contributed by atoms with E-state index in [1.54, 1.807) is 25.4 Å². The van der Waals surface area contributed by atoms with Crippen LogP contribution in [0, 0.1) is 5.82 Å². The Balaban J connectivity index is 1.71. The van der Waals surface area contributed by atoms with Gasteiger partial charge in [-0.1, -0.05) is 13.0 Å². The summed E-state index contributed by atoms with van der Waals surface area (Å²) >= 11 is 0. The van der Waals surface area contributed by atoms with Gasteiger partial charge in [0.25, 0.3) is 0 Å². The third kappa shape index (κ3) is 4.73. The van der Waals surface area contributed by atoms with Gasteiger partial charge in [0.2, 0.25) is 0 Å². The van der Waals surface area contributed by atoms with E-state index in [4.69, 9.17) is 0 Å². The standard InChI is InChI=1S/C24H25FN6O3S/c1-5-31(4)35(33,34)29-20-8-6-7-17(22(20)25)23(32)19-14-28-24-18(19)11-16(13-27-24)15-9-10-21(26-12-15)30(2)3/h6-14,29H,5H2,1-4H3,(H,27,28). The lowest BCUT2D eigenvalue weighted by Gasteiger charge is -2.17. The van der Waals surface area contributed by atoms with E-state index in [0.717, 1.165) is 21.2 Å². The molecule has 0 fully saturated rings. The minimum atomic E-state index is -3.95. The molecule has 0 atom stereocenters. The van der Waals surface area contributed by atoms with Crippen LogP contribution in [0.5, 0.6) is 0 Å². The maximum absolute atomic E-state index is 15.3. The summed E-state index contributed by atoms with van der Waals surface area (Å²) in [6.07, 6.45) is 4.85. The van der Waals surface area contributed by atoms with E-state index in [0.29, 0.717) is 11.0 Å². The van der Waals surface area contributed by atoms with Gasteiger partial charge in [-0.25, -0.2) is 14.4 Å². The molecule has 4 aromatic rings. The van der Waals surface area contributed by atoms with Crippen molar-refractivity contribution in [3.8, 4) is 11.1 Å². The van der Waals surface area contributed by atoms with Crippen molar-refractivity contribution in [1.82, 2.24) is 19.3 Å². The van der Waals surface area contributed by atoms with Crippen molar-refractivity contribution >= 4 is 38.5 Å². The number of carbonyl (C=O) groups is 1. The second-order valence-corrected chi connectivity index (χ2v) is 9.92. The summed E-state index contributed by atoms with van der Waals surface area (Å²) in [6, 6.07) is 9.59. The number of aromatic nitrogens is 3. The summed E-state index contributed by atoms with van der Waals surface area (Å²) in [5, 5.41) is 0.514. The topological polar surface area (TPSA) is 111 Å². The SMILES string of the molecule is CCN(C)S(=O)(=O)Nc1cccc(C(=O)c2c[nH]c3ncc(-c4ccc(N(C)C)nc4)cc23)c1F. The predicted molar refractivity (Wildman–Crippen MR) is 134 cm³/mol. The molecule has 11 heteroatoms. The van der Waals surface area contributed by atoms with Crippen LogP contribution in [-0.4, -0.2) is 61.1 Å². The van der Waals surface area contributed by atoms with Gasteiger partial charge in [0.05, 0.1) is 11.3 Å². The van der Waals surface area contributed by atoms with Gasteiger partial charge in [0.15, 0.2) is 11.6 Å². The van der Waals surface area contributed by atoms with Crippen LogP contribution in [0.25, 0.3) is 22.2 Å². The first-order valence-electron chi connectivity index (χ1n) is 10.8. The van der Waals surface area contributed by atoms with Gasteiger partial charge in [-0.05, 0) is 30.3 Å². The Labute approximate surface area is 202 Å². The molecule has 4 rings (SSSR count). The number of nitrogens with zero attached hydrogens (tertiary/aromatic N) is 4. The number of halogens is 1. The zero-order chi connectivity index (χ0) is 25.3. The summed E-state index contributed by atoms with van der Waals surface area (Å²) in [5.41, 5.74) is 1.68. The smallest absolute Gasteiger partial charge is 0.301 e. The summed E-state index contributed by atoms with van der Waals surface area (Å²) in [4.78, 5) is 27.0. The Hall–Kier alpha value is -3.83.